The van der Waals surface area contributed by atoms with E-state index < -0.39 is 0 Å². The van der Waals surface area contributed by atoms with Crippen molar-refractivity contribution in [1.82, 2.24) is 10.2 Å². The van der Waals surface area contributed by atoms with E-state index in [1.165, 1.54) is 24.3 Å². The maximum atomic E-state index is 13.1. The molecule has 2 amide bonds. The molecular weight excluding hydrogens is 383 g/mol. The molecule has 2 heterocycles. The fourth-order valence-corrected chi connectivity index (χ4v) is 4.71. The lowest BCUT2D eigenvalue weighted by atomic mass is 9.96. The van der Waals surface area contributed by atoms with Gasteiger partial charge >= 0.3 is 0 Å². The van der Waals surface area contributed by atoms with Gasteiger partial charge in [-0.3, -0.25) is 9.59 Å². The average molecular weight is 410 g/mol. The summed E-state index contributed by atoms with van der Waals surface area (Å²) >= 11 is 0. The Bertz CT molecular complexity index is 884. The summed E-state index contributed by atoms with van der Waals surface area (Å²) in [7, 11) is 0. The van der Waals surface area contributed by atoms with E-state index in [2.05, 4.69) is 5.32 Å². The van der Waals surface area contributed by atoms with Crippen LogP contribution in [0.25, 0.3) is 0 Å². The number of benzene rings is 2. The number of hydrogen-bond acceptors (Lipinski definition) is 3. The Morgan fingerprint density at radius 3 is 2.27 bits per heavy atom. The normalized spacial score (nSPS) is 22.6. The van der Waals surface area contributed by atoms with E-state index in [1.54, 1.807) is 0 Å². The number of halogens is 1. The highest BCUT2D eigenvalue weighted by atomic mass is 19.1. The zero-order valence-electron chi connectivity index (χ0n) is 17.1. The Hall–Kier alpha value is -2.89. The largest absolute Gasteiger partial charge is 0.494 e. The number of nitrogens with one attached hydrogen (secondary N) is 1. The highest BCUT2D eigenvalue weighted by molar-refractivity contribution is 5.94. The summed E-state index contributed by atoms with van der Waals surface area (Å²) in [5.41, 5.74) is 1.44. The number of piperidine rings is 1. The minimum Gasteiger partial charge on any atom is -0.494 e. The third kappa shape index (κ3) is 4.48. The third-order valence-electron chi connectivity index (χ3n) is 6.05. The average Bonchev–Trinajstić information content (AvgIpc) is 3.01. The quantitative estimate of drug-likeness (QED) is 0.790. The summed E-state index contributed by atoms with van der Waals surface area (Å²) in [6, 6.07) is 13.6. The first-order valence-electron chi connectivity index (χ1n) is 10.6. The van der Waals surface area contributed by atoms with Crippen LogP contribution in [0, 0.1) is 5.82 Å². The molecule has 1 N–H and O–H groups in total. The molecule has 2 saturated heterocycles. The fourth-order valence-electron chi connectivity index (χ4n) is 4.71. The summed E-state index contributed by atoms with van der Waals surface area (Å²) in [5.74, 6) is 0.416. The van der Waals surface area contributed by atoms with Crippen molar-refractivity contribution >= 4 is 11.8 Å². The van der Waals surface area contributed by atoms with Crippen LogP contribution in [0.5, 0.6) is 5.75 Å². The van der Waals surface area contributed by atoms with Crippen LogP contribution in [0.1, 0.15) is 48.5 Å². The van der Waals surface area contributed by atoms with Gasteiger partial charge in [0.1, 0.15) is 11.6 Å². The number of hydrogen-bond donors (Lipinski definition) is 1. The van der Waals surface area contributed by atoms with Crippen molar-refractivity contribution in [1.29, 1.82) is 0 Å². The molecule has 4 rings (SSSR count). The van der Waals surface area contributed by atoms with Crippen molar-refractivity contribution in [3.05, 3.63) is 65.5 Å². The molecule has 2 atom stereocenters. The molecule has 5 nitrogen and oxygen atoms in total. The molecule has 0 aromatic heterocycles. The summed E-state index contributed by atoms with van der Waals surface area (Å²) in [6.45, 7) is 2.56. The molecule has 2 fully saturated rings. The van der Waals surface area contributed by atoms with Gasteiger partial charge in [-0.05, 0) is 74.6 Å². The number of fused-ring (bicyclic) bond motifs is 2. The van der Waals surface area contributed by atoms with Crippen molar-refractivity contribution in [2.45, 2.75) is 57.2 Å². The topological polar surface area (TPSA) is 58.6 Å². The smallest absolute Gasteiger partial charge is 0.251 e. The number of ether oxygens (including phenoxy) is 1. The first kappa shape index (κ1) is 20.4. The van der Waals surface area contributed by atoms with Gasteiger partial charge in [-0.1, -0.05) is 12.1 Å². The van der Waals surface area contributed by atoms with E-state index in [-0.39, 0.29) is 35.8 Å². The first-order chi connectivity index (χ1) is 14.5. The summed E-state index contributed by atoms with van der Waals surface area (Å²) in [5, 5.41) is 3.07. The van der Waals surface area contributed by atoms with Gasteiger partial charge in [-0.25, -0.2) is 4.39 Å². The second-order valence-corrected chi connectivity index (χ2v) is 8.09. The molecule has 158 valence electrons. The third-order valence-corrected chi connectivity index (χ3v) is 6.05. The maximum Gasteiger partial charge on any atom is 0.251 e. The van der Waals surface area contributed by atoms with Gasteiger partial charge in [0, 0.05) is 23.7 Å². The lowest BCUT2D eigenvalue weighted by Crippen LogP contribution is -2.52. The summed E-state index contributed by atoms with van der Waals surface area (Å²) in [4.78, 5) is 27.5. The first-order valence-corrected chi connectivity index (χ1v) is 10.6. The van der Waals surface area contributed by atoms with E-state index in [9.17, 15) is 14.0 Å². The molecule has 30 heavy (non-hydrogen) atoms. The Balaban J connectivity index is 1.34. The monoisotopic (exact) mass is 410 g/mol. The van der Waals surface area contributed by atoms with Crippen LogP contribution in [0.15, 0.2) is 48.5 Å². The van der Waals surface area contributed by atoms with Crippen LogP contribution in [0.3, 0.4) is 0 Å². The molecule has 0 radical (unpaired) electrons. The van der Waals surface area contributed by atoms with Crippen LogP contribution < -0.4 is 10.1 Å². The van der Waals surface area contributed by atoms with Crippen LogP contribution in [0.2, 0.25) is 0 Å². The molecular formula is C24H27FN2O3. The molecule has 0 aliphatic carbocycles. The van der Waals surface area contributed by atoms with Crippen molar-refractivity contribution in [3.8, 4) is 5.75 Å². The molecule has 2 aromatic rings. The molecule has 6 heteroatoms. The maximum absolute atomic E-state index is 13.1. The van der Waals surface area contributed by atoms with E-state index in [0.717, 1.165) is 37.0 Å². The van der Waals surface area contributed by atoms with Crippen molar-refractivity contribution in [2.24, 2.45) is 0 Å². The summed E-state index contributed by atoms with van der Waals surface area (Å²) in [6.07, 6.45) is 3.86. The van der Waals surface area contributed by atoms with Gasteiger partial charge in [0.2, 0.25) is 5.91 Å². The van der Waals surface area contributed by atoms with Gasteiger partial charge in [-0.2, -0.15) is 0 Å². The van der Waals surface area contributed by atoms with E-state index in [1.807, 2.05) is 36.1 Å². The molecule has 2 aromatic carbocycles. The molecule has 0 spiro atoms. The Labute approximate surface area is 176 Å². The van der Waals surface area contributed by atoms with E-state index in [0.29, 0.717) is 18.6 Å². The van der Waals surface area contributed by atoms with Crippen LogP contribution in [0.4, 0.5) is 4.39 Å². The molecule has 2 aliphatic rings. The van der Waals surface area contributed by atoms with Crippen LogP contribution >= 0.6 is 0 Å². The van der Waals surface area contributed by atoms with Crippen molar-refractivity contribution in [2.75, 3.05) is 6.61 Å². The van der Waals surface area contributed by atoms with Gasteiger partial charge in [0.25, 0.3) is 5.91 Å². The lowest BCUT2D eigenvalue weighted by Gasteiger charge is -2.39. The summed E-state index contributed by atoms with van der Waals surface area (Å²) < 4.78 is 18.5. The molecule has 0 saturated carbocycles. The number of carbonyl (C=O) groups excluding carboxylic acids is 2. The standard InChI is InChI=1S/C24H27FN2O3/c1-2-30-22-11-3-16(4-12-22)13-23(28)27-20-9-10-21(27)15-19(14-20)26-24(29)17-5-7-18(25)8-6-17/h3-8,11-12,19-21H,2,9-10,13-15H2,1H3,(H,26,29). The van der Waals surface area contributed by atoms with Gasteiger partial charge < -0.3 is 15.0 Å². The van der Waals surface area contributed by atoms with Crippen molar-refractivity contribution < 1.29 is 18.7 Å². The number of rotatable bonds is 6. The fraction of sp³-hybridized carbons (Fsp3) is 0.417. The van der Waals surface area contributed by atoms with E-state index in [4.69, 9.17) is 4.74 Å². The Morgan fingerprint density at radius 2 is 1.67 bits per heavy atom. The predicted molar refractivity (Wildman–Crippen MR) is 112 cm³/mol. The van der Waals surface area contributed by atoms with E-state index >= 15 is 0 Å². The second kappa shape index (κ2) is 8.86. The van der Waals surface area contributed by atoms with Gasteiger partial charge in [0.15, 0.2) is 0 Å². The minimum atomic E-state index is -0.357. The number of carbonyl (C=O) groups is 2. The zero-order chi connectivity index (χ0) is 21.1. The SMILES string of the molecule is CCOc1ccc(CC(=O)N2C3CCC2CC(NC(=O)c2ccc(F)cc2)C3)cc1. The molecule has 2 aliphatic heterocycles. The Morgan fingerprint density at radius 1 is 1.03 bits per heavy atom. The van der Waals surface area contributed by atoms with Crippen LogP contribution in [-0.4, -0.2) is 41.4 Å². The Kier molecular flexibility index (Phi) is 6.02. The predicted octanol–water partition coefficient (Wildman–Crippen LogP) is 3.72. The molecule has 2 unspecified atom stereocenters. The minimum absolute atomic E-state index is 0.0366. The van der Waals surface area contributed by atoms with Gasteiger partial charge in [-0.15, -0.1) is 0 Å². The highest BCUT2D eigenvalue weighted by Gasteiger charge is 2.43. The second-order valence-electron chi connectivity index (χ2n) is 8.09. The van der Waals surface area contributed by atoms with Gasteiger partial charge in [0.05, 0.1) is 13.0 Å². The lowest BCUT2D eigenvalue weighted by molar-refractivity contribution is -0.135. The van der Waals surface area contributed by atoms with Crippen molar-refractivity contribution in [3.63, 3.8) is 0 Å². The zero-order valence-corrected chi connectivity index (χ0v) is 17.1. The molecule has 2 bridgehead atoms. The number of amides is 2. The van der Waals surface area contributed by atoms with Crippen LogP contribution in [-0.2, 0) is 11.2 Å². The highest BCUT2D eigenvalue weighted by Crippen LogP contribution is 2.36. The number of nitrogens with zero attached hydrogens (tertiary/aromatic N) is 1.